The summed E-state index contributed by atoms with van der Waals surface area (Å²) in [5.41, 5.74) is 9.00. The van der Waals surface area contributed by atoms with E-state index in [-0.39, 0.29) is 5.91 Å². The molecule has 0 aromatic heterocycles. The molecule has 2 N–H and O–H groups in total. The molecular weight excluding hydrogens is 344 g/mol. The normalized spacial score (nSPS) is 28.7. The van der Waals surface area contributed by atoms with Gasteiger partial charge in [-0.1, -0.05) is 17.3 Å². The third-order valence-electron chi connectivity index (χ3n) is 6.00. The zero-order chi connectivity index (χ0) is 18.8. The molecule has 3 atom stereocenters. The van der Waals surface area contributed by atoms with Crippen molar-refractivity contribution in [1.82, 2.24) is 15.8 Å². The van der Waals surface area contributed by atoms with Crippen LogP contribution in [0.3, 0.4) is 0 Å². The van der Waals surface area contributed by atoms with E-state index in [9.17, 15) is 4.79 Å². The van der Waals surface area contributed by atoms with Crippen LogP contribution in [0.2, 0.25) is 0 Å². The molecule has 7 heteroatoms. The van der Waals surface area contributed by atoms with Crippen LogP contribution in [0.25, 0.3) is 0 Å². The Morgan fingerprint density at radius 2 is 2.15 bits per heavy atom. The second-order valence-electron chi connectivity index (χ2n) is 7.72. The van der Waals surface area contributed by atoms with Crippen LogP contribution in [0, 0.1) is 5.92 Å². The molecule has 27 heavy (non-hydrogen) atoms. The van der Waals surface area contributed by atoms with Crippen molar-refractivity contribution in [3.63, 3.8) is 0 Å². The van der Waals surface area contributed by atoms with Gasteiger partial charge in [-0.15, -0.1) is 0 Å². The molecule has 3 aliphatic heterocycles. The third-order valence-corrected chi connectivity index (χ3v) is 6.00. The monoisotopic (exact) mass is 372 g/mol. The maximum absolute atomic E-state index is 12.6. The zero-order valence-electron chi connectivity index (χ0n) is 16.0. The van der Waals surface area contributed by atoms with E-state index in [0.717, 1.165) is 43.9 Å². The highest BCUT2D eigenvalue weighted by atomic mass is 16.6. The summed E-state index contributed by atoms with van der Waals surface area (Å²) in [7, 11) is 1.70. The molecule has 1 amide bonds. The van der Waals surface area contributed by atoms with Crippen molar-refractivity contribution in [2.45, 2.75) is 44.2 Å². The Kier molecular flexibility index (Phi) is 5.31. The molecule has 0 spiro atoms. The summed E-state index contributed by atoms with van der Waals surface area (Å²) in [6.07, 6.45) is 2.19. The predicted octanol–water partition coefficient (Wildman–Crippen LogP) is 1.66. The first-order valence-electron chi connectivity index (χ1n) is 9.76. The highest BCUT2D eigenvalue weighted by Gasteiger charge is 2.38. The summed E-state index contributed by atoms with van der Waals surface area (Å²) < 4.78 is 5.39. The average molecular weight is 372 g/mol. The fraction of sp³-hybridized carbons (Fsp3) is 0.600. The van der Waals surface area contributed by atoms with Gasteiger partial charge in [-0.05, 0) is 43.4 Å². The second-order valence-corrected chi connectivity index (χ2v) is 7.72. The summed E-state index contributed by atoms with van der Waals surface area (Å²) in [6, 6.07) is 8.70. The number of hydrogen-bond donors (Lipinski definition) is 2. The Labute approximate surface area is 160 Å². The molecule has 0 saturated carbocycles. The van der Waals surface area contributed by atoms with Gasteiger partial charge >= 0.3 is 0 Å². The van der Waals surface area contributed by atoms with Gasteiger partial charge in [0.25, 0.3) is 5.91 Å². The quantitative estimate of drug-likeness (QED) is 0.841. The Hall–Kier alpha value is -2.12. The van der Waals surface area contributed by atoms with Gasteiger partial charge in [0.1, 0.15) is 5.75 Å². The summed E-state index contributed by atoms with van der Waals surface area (Å²) in [5.74, 6) is 1.91. The van der Waals surface area contributed by atoms with E-state index in [2.05, 4.69) is 34.2 Å². The van der Waals surface area contributed by atoms with E-state index in [1.165, 1.54) is 5.56 Å². The molecule has 3 unspecified atom stereocenters. The molecule has 7 nitrogen and oxygen atoms in total. The first-order valence-corrected chi connectivity index (χ1v) is 9.76. The Morgan fingerprint density at radius 3 is 2.85 bits per heavy atom. The largest absolute Gasteiger partial charge is 0.497 e. The summed E-state index contributed by atoms with van der Waals surface area (Å²) in [4.78, 5) is 19.8. The van der Waals surface area contributed by atoms with Crippen molar-refractivity contribution in [3.8, 4) is 5.75 Å². The van der Waals surface area contributed by atoms with Crippen LogP contribution >= 0.6 is 0 Å². The van der Waals surface area contributed by atoms with Crippen LogP contribution in [0.15, 0.2) is 29.4 Å². The SMILES string of the molecule is COc1cccc(C2CNNC2C2CCN(C(=O)C3CC(C)=NO3)CC2)c1. The van der Waals surface area contributed by atoms with E-state index >= 15 is 0 Å². The lowest BCUT2D eigenvalue weighted by Crippen LogP contribution is -2.48. The van der Waals surface area contributed by atoms with E-state index in [1.807, 2.05) is 17.9 Å². The molecule has 0 radical (unpaired) electrons. The maximum atomic E-state index is 12.6. The van der Waals surface area contributed by atoms with Crippen LogP contribution in [-0.4, -0.2) is 55.4 Å². The lowest BCUT2D eigenvalue weighted by Gasteiger charge is -2.37. The molecule has 1 aromatic carbocycles. The minimum absolute atomic E-state index is 0.0795. The van der Waals surface area contributed by atoms with Gasteiger partial charge < -0.3 is 14.5 Å². The standard InChI is InChI=1S/C20H28N4O3/c1-13-10-18(27-23-13)20(25)24-8-6-14(7-9-24)19-17(12-21-22-19)15-4-3-5-16(11-15)26-2/h3-5,11,14,17-19,21-22H,6-10,12H2,1-2H3. The van der Waals surface area contributed by atoms with Crippen molar-refractivity contribution < 1.29 is 14.4 Å². The van der Waals surface area contributed by atoms with Crippen LogP contribution in [0.4, 0.5) is 0 Å². The molecule has 1 aromatic rings. The average Bonchev–Trinajstić information content (AvgIpc) is 3.37. The van der Waals surface area contributed by atoms with Crippen molar-refractivity contribution >= 4 is 11.6 Å². The number of benzene rings is 1. The second kappa shape index (κ2) is 7.86. The topological polar surface area (TPSA) is 75.2 Å². The van der Waals surface area contributed by atoms with E-state index in [0.29, 0.717) is 24.3 Å². The van der Waals surface area contributed by atoms with E-state index in [1.54, 1.807) is 7.11 Å². The molecule has 0 aliphatic carbocycles. The number of amides is 1. The summed E-state index contributed by atoms with van der Waals surface area (Å²) in [6.45, 7) is 4.37. The number of carbonyl (C=O) groups excluding carboxylic acids is 1. The number of ether oxygens (including phenoxy) is 1. The van der Waals surface area contributed by atoms with E-state index < -0.39 is 6.10 Å². The number of oxime groups is 1. The fourth-order valence-corrected chi connectivity index (χ4v) is 4.47. The Balaban J connectivity index is 1.36. The summed E-state index contributed by atoms with van der Waals surface area (Å²) in [5, 5.41) is 3.91. The maximum Gasteiger partial charge on any atom is 0.266 e. The smallest absolute Gasteiger partial charge is 0.266 e. The number of carbonyl (C=O) groups is 1. The number of likely N-dealkylation sites (tertiary alicyclic amines) is 1. The Bertz CT molecular complexity index is 715. The number of methoxy groups -OCH3 is 1. The van der Waals surface area contributed by atoms with Gasteiger partial charge in [0.15, 0.2) is 0 Å². The van der Waals surface area contributed by atoms with Gasteiger partial charge in [-0.3, -0.25) is 15.6 Å². The predicted molar refractivity (Wildman–Crippen MR) is 103 cm³/mol. The van der Waals surface area contributed by atoms with Gasteiger partial charge in [-0.25, -0.2) is 0 Å². The van der Waals surface area contributed by atoms with Crippen LogP contribution < -0.4 is 15.6 Å². The minimum atomic E-state index is -0.419. The van der Waals surface area contributed by atoms with Crippen molar-refractivity contribution in [2.24, 2.45) is 11.1 Å². The fourth-order valence-electron chi connectivity index (χ4n) is 4.47. The van der Waals surface area contributed by atoms with Gasteiger partial charge in [0, 0.05) is 38.0 Å². The molecule has 4 rings (SSSR count). The molecule has 2 fully saturated rings. The molecule has 0 bridgehead atoms. The number of hydrazine groups is 1. The zero-order valence-corrected chi connectivity index (χ0v) is 16.0. The molecular formula is C20H28N4O3. The lowest BCUT2D eigenvalue weighted by atomic mass is 9.80. The van der Waals surface area contributed by atoms with Gasteiger partial charge in [-0.2, -0.15) is 0 Å². The highest BCUT2D eigenvalue weighted by Crippen LogP contribution is 2.33. The summed E-state index contributed by atoms with van der Waals surface area (Å²) >= 11 is 0. The molecule has 3 heterocycles. The molecule has 146 valence electrons. The lowest BCUT2D eigenvalue weighted by molar-refractivity contribution is -0.143. The first kappa shape index (κ1) is 18.3. The van der Waals surface area contributed by atoms with Gasteiger partial charge in [0.2, 0.25) is 6.10 Å². The number of piperidine rings is 1. The van der Waals surface area contributed by atoms with E-state index in [4.69, 9.17) is 9.57 Å². The first-order chi connectivity index (χ1) is 13.2. The third kappa shape index (κ3) is 3.80. The number of nitrogens with zero attached hydrogens (tertiary/aromatic N) is 2. The van der Waals surface area contributed by atoms with Crippen molar-refractivity contribution in [3.05, 3.63) is 29.8 Å². The van der Waals surface area contributed by atoms with Crippen molar-refractivity contribution in [2.75, 3.05) is 26.7 Å². The Morgan fingerprint density at radius 1 is 1.33 bits per heavy atom. The number of rotatable bonds is 4. The minimum Gasteiger partial charge on any atom is -0.497 e. The van der Waals surface area contributed by atoms with Crippen LogP contribution in [0.1, 0.15) is 37.7 Å². The van der Waals surface area contributed by atoms with Crippen LogP contribution in [-0.2, 0) is 9.63 Å². The number of nitrogens with one attached hydrogen (secondary N) is 2. The van der Waals surface area contributed by atoms with Gasteiger partial charge in [0.05, 0.1) is 12.8 Å². The van der Waals surface area contributed by atoms with Crippen LogP contribution in [0.5, 0.6) is 5.75 Å². The number of hydrogen-bond acceptors (Lipinski definition) is 6. The van der Waals surface area contributed by atoms with Crippen molar-refractivity contribution in [1.29, 1.82) is 0 Å². The highest BCUT2D eigenvalue weighted by molar-refractivity contribution is 5.91. The molecule has 3 aliphatic rings. The molecule has 2 saturated heterocycles.